The number of amides is 1. The van der Waals surface area contributed by atoms with Gasteiger partial charge in [0.1, 0.15) is 6.33 Å². The van der Waals surface area contributed by atoms with Gasteiger partial charge in [0.25, 0.3) is 21.7 Å². The summed E-state index contributed by atoms with van der Waals surface area (Å²) >= 11 is 5.75. The smallest absolute Gasteiger partial charge is 0.342 e. The highest BCUT2D eigenvalue weighted by Gasteiger charge is 2.47. The van der Waals surface area contributed by atoms with Crippen molar-refractivity contribution < 1.29 is 26.4 Å². The van der Waals surface area contributed by atoms with Crippen LogP contribution in [0.15, 0.2) is 41.8 Å². The zero-order chi connectivity index (χ0) is 23.0. The number of carbonyl (C=O) groups is 1. The normalized spacial score (nSPS) is 13.1. The molecule has 1 amide bonds. The average molecular weight is 475 g/mol. The van der Waals surface area contributed by atoms with E-state index in [0.29, 0.717) is 12.1 Å². The van der Waals surface area contributed by atoms with Crippen LogP contribution in [0.5, 0.6) is 0 Å². The van der Waals surface area contributed by atoms with E-state index < -0.39 is 32.2 Å². The van der Waals surface area contributed by atoms with Crippen LogP contribution in [-0.4, -0.2) is 44.6 Å². The SMILES string of the molecule is Cc1cnc(-n2ncnc2[C@@H](C)NC(=O)c2cc(Cl)cc(S(=O)(=O)C(F)(F)F)c2)nc1. The van der Waals surface area contributed by atoms with Crippen molar-refractivity contribution in [3.8, 4) is 5.95 Å². The second-order valence-electron chi connectivity index (χ2n) is 6.41. The molecule has 0 fully saturated rings. The van der Waals surface area contributed by atoms with Crippen molar-refractivity contribution in [3.63, 3.8) is 0 Å². The largest absolute Gasteiger partial charge is 0.501 e. The molecule has 0 bridgehead atoms. The number of carbonyl (C=O) groups excluding carboxylic acids is 1. The van der Waals surface area contributed by atoms with Crippen LogP contribution in [0.1, 0.15) is 34.7 Å². The maximum absolute atomic E-state index is 12.8. The maximum atomic E-state index is 12.8. The van der Waals surface area contributed by atoms with E-state index in [4.69, 9.17) is 11.6 Å². The number of alkyl halides is 3. The molecule has 31 heavy (non-hydrogen) atoms. The number of aryl methyl sites for hydroxylation is 1. The summed E-state index contributed by atoms with van der Waals surface area (Å²) in [6.45, 7) is 3.34. The number of nitrogens with one attached hydrogen (secondary N) is 1. The highest BCUT2D eigenvalue weighted by atomic mass is 35.5. The van der Waals surface area contributed by atoms with Crippen molar-refractivity contribution in [2.45, 2.75) is 30.3 Å². The minimum atomic E-state index is -5.68. The number of hydrogen-bond acceptors (Lipinski definition) is 7. The summed E-state index contributed by atoms with van der Waals surface area (Å²) in [4.78, 5) is 23.7. The number of aromatic nitrogens is 5. The number of nitrogens with zero attached hydrogens (tertiary/aromatic N) is 5. The Morgan fingerprint density at radius 3 is 2.42 bits per heavy atom. The van der Waals surface area contributed by atoms with Crippen LogP contribution in [0.25, 0.3) is 5.95 Å². The van der Waals surface area contributed by atoms with E-state index in [0.717, 1.165) is 11.6 Å². The molecule has 2 aromatic heterocycles. The Kier molecular flexibility index (Phi) is 6.00. The van der Waals surface area contributed by atoms with Gasteiger partial charge in [-0.2, -0.15) is 23.0 Å². The van der Waals surface area contributed by atoms with Crippen molar-refractivity contribution in [1.29, 1.82) is 0 Å². The summed E-state index contributed by atoms with van der Waals surface area (Å²) < 4.78 is 63.2. The Labute approximate surface area is 179 Å². The van der Waals surface area contributed by atoms with Crippen molar-refractivity contribution >= 4 is 27.3 Å². The lowest BCUT2D eigenvalue weighted by Crippen LogP contribution is -2.29. The fourth-order valence-corrected chi connectivity index (χ4v) is 3.65. The van der Waals surface area contributed by atoms with Gasteiger partial charge in [0.15, 0.2) is 5.82 Å². The molecule has 0 aliphatic rings. The standard InChI is InChI=1S/C17H14ClF3N6O3S/c1-9-6-22-16(23-7-9)27-14(24-8-25-27)10(2)26-15(28)11-3-12(18)5-13(4-11)31(29,30)17(19,20)21/h3-8,10H,1-2H3,(H,26,28)/t10-/m1/s1. The van der Waals surface area contributed by atoms with E-state index in [9.17, 15) is 26.4 Å². The summed E-state index contributed by atoms with van der Waals surface area (Å²) in [5.74, 6) is -0.434. The molecule has 0 saturated heterocycles. The molecule has 1 atom stereocenters. The second kappa shape index (κ2) is 8.23. The summed E-state index contributed by atoms with van der Waals surface area (Å²) in [7, 11) is -5.68. The monoisotopic (exact) mass is 474 g/mol. The van der Waals surface area contributed by atoms with Crippen molar-refractivity contribution in [2.24, 2.45) is 0 Å². The van der Waals surface area contributed by atoms with Crippen LogP contribution < -0.4 is 5.32 Å². The molecular formula is C17H14ClF3N6O3S. The molecule has 0 unspecified atom stereocenters. The summed E-state index contributed by atoms with van der Waals surface area (Å²) in [6.07, 6.45) is 4.34. The molecule has 0 aliphatic heterocycles. The van der Waals surface area contributed by atoms with E-state index >= 15 is 0 Å². The van der Waals surface area contributed by atoms with Crippen LogP contribution in [0.2, 0.25) is 5.02 Å². The third kappa shape index (κ3) is 4.66. The molecule has 9 nitrogen and oxygen atoms in total. The number of benzene rings is 1. The van der Waals surface area contributed by atoms with Gasteiger partial charge in [0.05, 0.1) is 10.9 Å². The zero-order valence-corrected chi connectivity index (χ0v) is 17.5. The first-order chi connectivity index (χ1) is 14.4. The minimum Gasteiger partial charge on any atom is -0.342 e. The van der Waals surface area contributed by atoms with Crippen LogP contribution in [0.4, 0.5) is 13.2 Å². The molecule has 1 N–H and O–H groups in total. The van der Waals surface area contributed by atoms with E-state index in [1.807, 2.05) is 0 Å². The number of halogens is 4. The third-order valence-electron chi connectivity index (χ3n) is 4.01. The molecule has 164 valence electrons. The first-order valence-corrected chi connectivity index (χ1v) is 10.4. The minimum absolute atomic E-state index is 0.195. The Bertz CT molecular complexity index is 1230. The Hall–Kier alpha value is -3.06. The van der Waals surface area contributed by atoms with Gasteiger partial charge in [0, 0.05) is 23.0 Å². The highest BCUT2D eigenvalue weighted by molar-refractivity contribution is 7.92. The van der Waals surface area contributed by atoms with Gasteiger partial charge >= 0.3 is 5.51 Å². The lowest BCUT2D eigenvalue weighted by atomic mass is 10.2. The van der Waals surface area contributed by atoms with Crippen LogP contribution in [-0.2, 0) is 9.84 Å². The molecule has 0 aliphatic carbocycles. The quantitative estimate of drug-likeness (QED) is 0.603. The lowest BCUT2D eigenvalue weighted by molar-refractivity contribution is -0.0436. The van der Waals surface area contributed by atoms with Crippen LogP contribution in [0, 0.1) is 6.92 Å². The molecule has 3 aromatic rings. The van der Waals surface area contributed by atoms with Gasteiger partial charge in [-0.05, 0) is 37.6 Å². The molecule has 14 heteroatoms. The van der Waals surface area contributed by atoms with Gasteiger partial charge in [-0.15, -0.1) is 0 Å². The van der Waals surface area contributed by atoms with Crippen LogP contribution >= 0.6 is 11.6 Å². The molecule has 2 heterocycles. The molecule has 0 radical (unpaired) electrons. The van der Waals surface area contributed by atoms with E-state index in [1.54, 1.807) is 26.2 Å². The van der Waals surface area contributed by atoms with Crippen molar-refractivity contribution in [3.05, 3.63) is 58.9 Å². The van der Waals surface area contributed by atoms with E-state index in [-0.39, 0.29) is 22.4 Å². The van der Waals surface area contributed by atoms with Gasteiger partial charge in [-0.1, -0.05) is 11.6 Å². The third-order valence-corrected chi connectivity index (χ3v) is 5.70. The van der Waals surface area contributed by atoms with Gasteiger partial charge in [0.2, 0.25) is 0 Å². The van der Waals surface area contributed by atoms with Gasteiger partial charge in [-0.3, -0.25) is 4.79 Å². The highest BCUT2D eigenvalue weighted by Crippen LogP contribution is 2.32. The first kappa shape index (κ1) is 22.6. The molecule has 0 spiro atoms. The van der Waals surface area contributed by atoms with Crippen molar-refractivity contribution in [1.82, 2.24) is 30.0 Å². The number of rotatable bonds is 5. The zero-order valence-electron chi connectivity index (χ0n) is 15.9. The van der Waals surface area contributed by atoms with Gasteiger partial charge < -0.3 is 5.32 Å². The number of sulfone groups is 1. The summed E-state index contributed by atoms with van der Waals surface area (Å²) in [5, 5.41) is 6.17. The average Bonchev–Trinajstić information content (AvgIpc) is 3.17. The number of hydrogen-bond donors (Lipinski definition) is 1. The Morgan fingerprint density at radius 2 is 1.81 bits per heavy atom. The summed E-state index contributed by atoms with van der Waals surface area (Å²) in [6, 6.07) is 1.48. The predicted octanol–water partition coefficient (Wildman–Crippen LogP) is 2.80. The van der Waals surface area contributed by atoms with E-state index in [2.05, 4.69) is 25.4 Å². The lowest BCUT2D eigenvalue weighted by Gasteiger charge is -2.15. The van der Waals surface area contributed by atoms with Crippen molar-refractivity contribution in [2.75, 3.05) is 0 Å². The topological polar surface area (TPSA) is 120 Å². The summed E-state index contributed by atoms with van der Waals surface area (Å²) in [5.41, 5.74) is -5.10. The van der Waals surface area contributed by atoms with E-state index in [1.165, 1.54) is 11.0 Å². The fourth-order valence-electron chi connectivity index (χ4n) is 2.52. The molecule has 0 saturated carbocycles. The maximum Gasteiger partial charge on any atom is 0.501 e. The second-order valence-corrected chi connectivity index (χ2v) is 8.79. The molecular weight excluding hydrogens is 461 g/mol. The van der Waals surface area contributed by atoms with Gasteiger partial charge in [-0.25, -0.2) is 23.4 Å². The fraction of sp³-hybridized carbons (Fsp3) is 0.235. The van der Waals surface area contributed by atoms with Crippen LogP contribution in [0.3, 0.4) is 0 Å². The Balaban J connectivity index is 1.88. The predicted molar refractivity (Wildman–Crippen MR) is 102 cm³/mol. The first-order valence-electron chi connectivity index (χ1n) is 8.52. The Morgan fingerprint density at radius 1 is 1.16 bits per heavy atom. The molecule has 1 aromatic carbocycles. The molecule has 3 rings (SSSR count).